The quantitative estimate of drug-likeness (QED) is 0.478. The molecule has 2 aromatic rings. The number of carbonyl (C=O) groups excluding carboxylic acids is 2. The first-order valence-corrected chi connectivity index (χ1v) is 11.2. The Balaban J connectivity index is 2.40. The van der Waals surface area contributed by atoms with E-state index in [0.717, 1.165) is 0 Å². The summed E-state index contributed by atoms with van der Waals surface area (Å²) in [6, 6.07) is 8.50. The average molecular weight is 488 g/mol. The highest BCUT2D eigenvalue weighted by Gasteiger charge is 2.30. The molecule has 1 unspecified atom stereocenters. The molecule has 0 saturated heterocycles. The predicted molar refractivity (Wildman–Crippen MR) is 124 cm³/mol. The van der Waals surface area contributed by atoms with Gasteiger partial charge in [0.2, 0.25) is 11.8 Å². The molecule has 31 heavy (non-hydrogen) atoms. The zero-order chi connectivity index (χ0) is 23.1. The maximum Gasteiger partial charge on any atom is 0.242 e. The van der Waals surface area contributed by atoms with Crippen LogP contribution >= 0.6 is 34.8 Å². The third-order valence-corrected chi connectivity index (χ3v) is 5.91. The molecule has 0 aliphatic heterocycles. The minimum Gasteiger partial charge on any atom is -0.354 e. The summed E-state index contributed by atoms with van der Waals surface area (Å²) in [6.07, 6.45) is 0.0737. The molecule has 2 rings (SSSR count). The Morgan fingerprint density at radius 3 is 2.06 bits per heavy atom. The van der Waals surface area contributed by atoms with Crippen LogP contribution in [-0.2, 0) is 22.6 Å². The van der Waals surface area contributed by atoms with Crippen molar-refractivity contribution >= 4 is 46.6 Å². The van der Waals surface area contributed by atoms with Gasteiger partial charge in [0.15, 0.2) is 0 Å². The summed E-state index contributed by atoms with van der Waals surface area (Å²) in [5.74, 6) is -1.06. The normalized spacial score (nSPS) is 12.0. The van der Waals surface area contributed by atoms with Crippen LogP contribution in [0.2, 0.25) is 15.1 Å². The van der Waals surface area contributed by atoms with Gasteiger partial charge < -0.3 is 10.2 Å². The predicted octanol–water partition coefficient (Wildman–Crippen LogP) is 5.91. The Morgan fingerprint density at radius 1 is 1.00 bits per heavy atom. The van der Waals surface area contributed by atoms with Crippen LogP contribution in [0.1, 0.15) is 38.3 Å². The Labute approximate surface area is 197 Å². The molecular formula is C23H26Cl3FN2O2. The van der Waals surface area contributed by atoms with Gasteiger partial charge in [-0.05, 0) is 36.6 Å². The average Bonchev–Trinajstić information content (AvgIpc) is 2.71. The molecule has 0 fully saturated rings. The van der Waals surface area contributed by atoms with Gasteiger partial charge in [0.05, 0.1) is 6.42 Å². The van der Waals surface area contributed by atoms with Gasteiger partial charge >= 0.3 is 0 Å². The fourth-order valence-electron chi connectivity index (χ4n) is 3.15. The number of benzene rings is 2. The third-order valence-electron chi connectivity index (χ3n) is 4.85. The van der Waals surface area contributed by atoms with Crippen LogP contribution < -0.4 is 5.32 Å². The zero-order valence-corrected chi connectivity index (χ0v) is 20.0. The Kier molecular flexibility index (Phi) is 9.60. The summed E-state index contributed by atoms with van der Waals surface area (Å²) in [7, 11) is 0. The number of nitrogens with zero attached hydrogens (tertiary/aromatic N) is 1. The number of halogens is 4. The molecule has 0 bridgehead atoms. The van der Waals surface area contributed by atoms with E-state index in [2.05, 4.69) is 5.32 Å². The zero-order valence-electron chi connectivity index (χ0n) is 17.7. The van der Waals surface area contributed by atoms with E-state index in [0.29, 0.717) is 28.6 Å². The van der Waals surface area contributed by atoms with Crippen LogP contribution in [0.4, 0.5) is 4.39 Å². The summed E-state index contributed by atoms with van der Waals surface area (Å²) in [5, 5.41) is 3.79. The molecule has 0 aliphatic carbocycles. The van der Waals surface area contributed by atoms with Crippen LogP contribution in [0.5, 0.6) is 0 Å². The molecule has 1 N–H and O–H groups in total. The van der Waals surface area contributed by atoms with Crippen molar-refractivity contribution in [3.05, 3.63) is 68.4 Å². The van der Waals surface area contributed by atoms with E-state index < -0.39 is 17.8 Å². The van der Waals surface area contributed by atoms with Gasteiger partial charge in [-0.1, -0.05) is 67.7 Å². The molecule has 0 radical (unpaired) electrons. The lowest BCUT2D eigenvalue weighted by molar-refractivity contribution is -0.141. The first kappa shape index (κ1) is 25.4. The molecule has 1 atom stereocenters. The van der Waals surface area contributed by atoms with E-state index in [9.17, 15) is 14.0 Å². The Bertz CT molecular complexity index is 897. The third kappa shape index (κ3) is 6.83. The maximum atomic E-state index is 14.3. The largest absolute Gasteiger partial charge is 0.354 e. The Hall–Kier alpha value is -1.82. The molecule has 0 spiro atoms. The summed E-state index contributed by atoms with van der Waals surface area (Å²) in [6.45, 7) is 6.26. The van der Waals surface area contributed by atoms with Crippen molar-refractivity contribution < 1.29 is 14.0 Å². The van der Waals surface area contributed by atoms with Crippen molar-refractivity contribution in [2.24, 2.45) is 5.92 Å². The van der Waals surface area contributed by atoms with Crippen LogP contribution in [0.15, 0.2) is 36.4 Å². The molecule has 0 saturated carbocycles. The lowest BCUT2D eigenvalue weighted by Gasteiger charge is -2.31. The minimum absolute atomic E-state index is 0.0109. The summed E-state index contributed by atoms with van der Waals surface area (Å²) >= 11 is 18.7. The topological polar surface area (TPSA) is 49.4 Å². The van der Waals surface area contributed by atoms with Gasteiger partial charge in [0, 0.05) is 39.3 Å². The van der Waals surface area contributed by atoms with Crippen molar-refractivity contribution in [1.29, 1.82) is 0 Å². The molecule has 8 heteroatoms. The monoisotopic (exact) mass is 486 g/mol. The second kappa shape index (κ2) is 11.7. The van der Waals surface area contributed by atoms with E-state index in [4.69, 9.17) is 34.8 Å². The molecule has 0 aromatic heterocycles. The molecule has 2 aromatic carbocycles. The fourth-order valence-corrected chi connectivity index (χ4v) is 3.90. The molecule has 0 heterocycles. The Morgan fingerprint density at radius 2 is 1.55 bits per heavy atom. The first-order valence-electron chi connectivity index (χ1n) is 10.1. The van der Waals surface area contributed by atoms with Gasteiger partial charge in [0.25, 0.3) is 0 Å². The number of hydrogen-bond donors (Lipinski definition) is 1. The van der Waals surface area contributed by atoms with E-state index in [1.54, 1.807) is 18.2 Å². The van der Waals surface area contributed by atoms with Crippen molar-refractivity contribution in [3.8, 4) is 0 Å². The molecule has 168 valence electrons. The SMILES string of the molecule is CCC(C(=O)NCC(C)C)N(Cc1c(Cl)cccc1Cl)C(=O)Cc1c(F)cccc1Cl. The van der Waals surface area contributed by atoms with Crippen LogP contribution in [0, 0.1) is 11.7 Å². The molecule has 0 aliphatic rings. The number of rotatable bonds is 9. The molecule has 2 amide bonds. The highest BCUT2D eigenvalue weighted by atomic mass is 35.5. The maximum absolute atomic E-state index is 14.3. The van der Waals surface area contributed by atoms with Crippen molar-refractivity contribution in [3.63, 3.8) is 0 Å². The molecular weight excluding hydrogens is 462 g/mol. The van der Waals surface area contributed by atoms with Crippen molar-refractivity contribution in [1.82, 2.24) is 10.2 Å². The van der Waals surface area contributed by atoms with Crippen LogP contribution in [0.25, 0.3) is 0 Å². The van der Waals surface area contributed by atoms with Gasteiger partial charge in [-0.15, -0.1) is 0 Å². The van der Waals surface area contributed by atoms with E-state index in [-0.39, 0.29) is 35.4 Å². The van der Waals surface area contributed by atoms with Gasteiger partial charge in [0.1, 0.15) is 11.9 Å². The number of amides is 2. The number of hydrogen-bond acceptors (Lipinski definition) is 2. The lowest BCUT2D eigenvalue weighted by Crippen LogP contribution is -2.50. The summed E-state index contributed by atoms with van der Waals surface area (Å²) in [4.78, 5) is 27.6. The van der Waals surface area contributed by atoms with Gasteiger partial charge in [-0.25, -0.2) is 4.39 Å². The van der Waals surface area contributed by atoms with Gasteiger partial charge in [-0.3, -0.25) is 9.59 Å². The van der Waals surface area contributed by atoms with Crippen molar-refractivity contribution in [2.45, 2.75) is 46.2 Å². The second-order valence-electron chi connectivity index (χ2n) is 7.66. The number of carbonyl (C=O) groups is 2. The highest BCUT2D eigenvalue weighted by Crippen LogP contribution is 2.28. The minimum atomic E-state index is -0.774. The van der Waals surface area contributed by atoms with E-state index in [1.807, 2.05) is 20.8 Å². The molecule has 4 nitrogen and oxygen atoms in total. The highest BCUT2D eigenvalue weighted by molar-refractivity contribution is 6.36. The van der Waals surface area contributed by atoms with Crippen LogP contribution in [0.3, 0.4) is 0 Å². The number of nitrogens with one attached hydrogen (secondary N) is 1. The van der Waals surface area contributed by atoms with Crippen LogP contribution in [-0.4, -0.2) is 29.3 Å². The second-order valence-corrected chi connectivity index (χ2v) is 8.88. The van der Waals surface area contributed by atoms with E-state index in [1.165, 1.54) is 23.1 Å². The van der Waals surface area contributed by atoms with Gasteiger partial charge in [-0.2, -0.15) is 0 Å². The lowest BCUT2D eigenvalue weighted by atomic mass is 10.1. The fraction of sp³-hybridized carbons (Fsp3) is 0.391. The van der Waals surface area contributed by atoms with Crippen molar-refractivity contribution in [2.75, 3.05) is 6.54 Å². The smallest absolute Gasteiger partial charge is 0.242 e. The van der Waals surface area contributed by atoms with E-state index >= 15 is 0 Å². The first-order chi connectivity index (χ1) is 14.6. The standard InChI is InChI=1S/C23H26Cl3FN2O2/c1-4-21(23(31)28-12-14(2)3)29(13-16-18(25)7-5-8-19(16)26)22(30)11-15-17(24)9-6-10-20(15)27/h5-10,14,21H,4,11-13H2,1-3H3,(H,28,31). The summed E-state index contributed by atoms with van der Waals surface area (Å²) < 4.78 is 14.3. The summed E-state index contributed by atoms with van der Waals surface area (Å²) in [5.41, 5.74) is 0.607.